The maximum Gasteiger partial charge on any atom is 0.242 e. The molecule has 6 nitrogen and oxygen atoms in total. The predicted molar refractivity (Wildman–Crippen MR) is 104 cm³/mol. The van der Waals surface area contributed by atoms with Crippen LogP contribution in [-0.2, 0) is 9.59 Å². The zero-order valence-electron chi connectivity index (χ0n) is 14.8. The van der Waals surface area contributed by atoms with E-state index < -0.39 is 17.0 Å². The number of anilines is 1. The summed E-state index contributed by atoms with van der Waals surface area (Å²) in [6.45, 7) is 0. The van der Waals surface area contributed by atoms with E-state index in [-0.39, 0.29) is 18.0 Å². The number of hydrogen-bond acceptors (Lipinski definition) is 5. The average Bonchev–Trinajstić information content (AvgIpc) is 2.91. The number of para-hydroxylation sites is 1. The van der Waals surface area contributed by atoms with E-state index in [0.717, 1.165) is 0 Å². The molecule has 0 aliphatic carbocycles. The summed E-state index contributed by atoms with van der Waals surface area (Å²) in [5.41, 5.74) is 0.740. The molecule has 1 aliphatic rings. The van der Waals surface area contributed by atoms with Gasteiger partial charge in [-0.1, -0.05) is 30.0 Å². The van der Waals surface area contributed by atoms with Crippen molar-refractivity contribution in [3.8, 4) is 5.75 Å². The summed E-state index contributed by atoms with van der Waals surface area (Å²) in [5, 5.41) is 2.39. The van der Waals surface area contributed by atoms with E-state index in [4.69, 9.17) is 4.74 Å². The van der Waals surface area contributed by atoms with Crippen LogP contribution in [0.1, 0.15) is 6.42 Å². The summed E-state index contributed by atoms with van der Waals surface area (Å²) in [6, 6.07) is 13.1. The summed E-state index contributed by atoms with van der Waals surface area (Å²) in [5.74, 6) is -0.504. The molecule has 140 valence electrons. The van der Waals surface area contributed by atoms with Gasteiger partial charge in [-0.15, -0.1) is 0 Å². The minimum Gasteiger partial charge on any atom is -0.497 e. The Kier molecular flexibility index (Phi) is 5.75. The highest BCUT2D eigenvalue weighted by Crippen LogP contribution is 2.31. The number of aliphatic imine (C=N–C) groups is 1. The van der Waals surface area contributed by atoms with E-state index in [1.807, 2.05) is 0 Å². The van der Waals surface area contributed by atoms with Gasteiger partial charge in [0.05, 0.1) is 18.5 Å². The number of ether oxygens (including phenoxy) is 1. The molecule has 1 unspecified atom stereocenters. The number of thioether (sulfide) groups is 1. The van der Waals surface area contributed by atoms with Crippen molar-refractivity contribution >= 4 is 40.1 Å². The van der Waals surface area contributed by atoms with Crippen LogP contribution in [0.3, 0.4) is 0 Å². The molecule has 0 radical (unpaired) electrons. The van der Waals surface area contributed by atoms with Gasteiger partial charge in [0.1, 0.15) is 16.8 Å². The molecule has 1 N–H and O–H groups in total. The Bertz CT molecular complexity index is 903. The number of amides is 2. The highest BCUT2D eigenvalue weighted by Gasteiger charge is 2.37. The standard InChI is InChI=1S/C19H18FN3O3S/c1-23-18(25)16(11-17(24)22-15-9-4-3-8-14(15)20)27-19(23)21-12-6-5-7-13(10-12)26-2/h3-10,16H,11H2,1-2H3,(H,22,24). The monoisotopic (exact) mass is 387 g/mol. The lowest BCUT2D eigenvalue weighted by molar-refractivity contribution is -0.127. The maximum absolute atomic E-state index is 13.6. The van der Waals surface area contributed by atoms with E-state index in [2.05, 4.69) is 10.3 Å². The first-order valence-electron chi connectivity index (χ1n) is 8.19. The van der Waals surface area contributed by atoms with Gasteiger partial charge >= 0.3 is 0 Å². The first-order valence-corrected chi connectivity index (χ1v) is 9.07. The first kappa shape index (κ1) is 18.9. The minimum absolute atomic E-state index is 0.0701. The average molecular weight is 387 g/mol. The van der Waals surface area contributed by atoms with Crippen molar-refractivity contribution in [1.29, 1.82) is 0 Å². The van der Waals surface area contributed by atoms with Crippen molar-refractivity contribution in [1.82, 2.24) is 4.90 Å². The third kappa shape index (κ3) is 4.46. The van der Waals surface area contributed by atoms with Crippen molar-refractivity contribution in [2.75, 3.05) is 19.5 Å². The van der Waals surface area contributed by atoms with Crippen molar-refractivity contribution in [3.05, 3.63) is 54.3 Å². The molecule has 2 aromatic carbocycles. The summed E-state index contributed by atoms with van der Waals surface area (Å²) in [7, 11) is 3.18. The van der Waals surface area contributed by atoms with Gasteiger partial charge in [-0.25, -0.2) is 9.38 Å². The molecule has 0 saturated carbocycles. The Morgan fingerprint density at radius 3 is 2.81 bits per heavy atom. The van der Waals surface area contributed by atoms with Crippen LogP contribution in [0.2, 0.25) is 0 Å². The minimum atomic E-state index is -0.605. The van der Waals surface area contributed by atoms with Crippen molar-refractivity contribution < 1.29 is 18.7 Å². The second kappa shape index (κ2) is 8.22. The van der Waals surface area contributed by atoms with Gasteiger partial charge in [0.15, 0.2) is 5.17 Å². The summed E-state index contributed by atoms with van der Waals surface area (Å²) in [6.07, 6.45) is -0.0701. The van der Waals surface area contributed by atoms with Crippen LogP contribution in [0.25, 0.3) is 0 Å². The quantitative estimate of drug-likeness (QED) is 0.853. The molecule has 2 amide bonds. The lowest BCUT2D eigenvalue weighted by atomic mass is 10.2. The maximum atomic E-state index is 13.6. The molecule has 8 heteroatoms. The fraction of sp³-hybridized carbons (Fsp3) is 0.211. The number of carbonyl (C=O) groups excluding carboxylic acids is 2. The van der Waals surface area contributed by atoms with Gasteiger partial charge in [0, 0.05) is 19.5 Å². The summed E-state index contributed by atoms with van der Waals surface area (Å²) < 4.78 is 18.8. The van der Waals surface area contributed by atoms with E-state index in [0.29, 0.717) is 16.6 Å². The van der Waals surface area contributed by atoms with Crippen LogP contribution in [0.4, 0.5) is 15.8 Å². The van der Waals surface area contributed by atoms with Crippen LogP contribution in [0.5, 0.6) is 5.75 Å². The Labute approximate surface area is 160 Å². The lowest BCUT2D eigenvalue weighted by Gasteiger charge is -2.09. The van der Waals surface area contributed by atoms with Crippen molar-refractivity contribution in [3.63, 3.8) is 0 Å². The SMILES string of the molecule is COc1cccc(N=C2SC(CC(=O)Nc3ccccc3F)C(=O)N2C)c1. The molecule has 1 saturated heterocycles. The zero-order chi connectivity index (χ0) is 19.4. The van der Waals surface area contributed by atoms with Crippen molar-refractivity contribution in [2.45, 2.75) is 11.7 Å². The van der Waals surface area contributed by atoms with Gasteiger partial charge in [0.2, 0.25) is 11.8 Å². The predicted octanol–water partition coefficient (Wildman–Crippen LogP) is 3.42. The van der Waals surface area contributed by atoms with Gasteiger partial charge < -0.3 is 10.1 Å². The van der Waals surface area contributed by atoms with E-state index in [1.54, 1.807) is 44.5 Å². The summed E-state index contributed by atoms with van der Waals surface area (Å²) in [4.78, 5) is 30.5. The first-order chi connectivity index (χ1) is 13.0. The Morgan fingerprint density at radius 1 is 1.30 bits per heavy atom. The van der Waals surface area contributed by atoms with Crippen LogP contribution in [-0.4, -0.2) is 41.3 Å². The molecular weight excluding hydrogens is 369 g/mol. The van der Waals surface area contributed by atoms with Crippen LogP contribution >= 0.6 is 11.8 Å². The number of amidine groups is 1. The number of halogens is 1. The number of hydrogen-bond donors (Lipinski definition) is 1. The van der Waals surface area contributed by atoms with E-state index in [1.165, 1.54) is 34.9 Å². The molecule has 0 spiro atoms. The number of methoxy groups -OCH3 is 1. The van der Waals surface area contributed by atoms with Gasteiger partial charge in [-0.2, -0.15) is 0 Å². The normalized spacial score (nSPS) is 18.0. The molecule has 1 fully saturated rings. The molecule has 1 heterocycles. The van der Waals surface area contributed by atoms with Crippen LogP contribution in [0, 0.1) is 5.82 Å². The van der Waals surface area contributed by atoms with Crippen molar-refractivity contribution in [2.24, 2.45) is 4.99 Å². The lowest BCUT2D eigenvalue weighted by Crippen LogP contribution is -2.30. The molecule has 3 rings (SSSR count). The van der Waals surface area contributed by atoms with Gasteiger partial charge in [0.25, 0.3) is 0 Å². The molecule has 0 aromatic heterocycles. The molecular formula is C19H18FN3O3S. The number of carbonyl (C=O) groups is 2. The molecule has 0 bridgehead atoms. The number of rotatable bonds is 5. The van der Waals surface area contributed by atoms with E-state index >= 15 is 0 Å². The zero-order valence-corrected chi connectivity index (χ0v) is 15.6. The molecule has 1 aliphatic heterocycles. The number of nitrogens with zero attached hydrogens (tertiary/aromatic N) is 2. The van der Waals surface area contributed by atoms with Gasteiger partial charge in [-0.3, -0.25) is 14.5 Å². The fourth-order valence-corrected chi connectivity index (χ4v) is 3.67. The third-order valence-corrected chi connectivity index (χ3v) is 5.17. The topological polar surface area (TPSA) is 71.0 Å². The fourth-order valence-electron chi connectivity index (χ4n) is 2.52. The smallest absolute Gasteiger partial charge is 0.242 e. The number of nitrogens with one attached hydrogen (secondary N) is 1. The van der Waals surface area contributed by atoms with Crippen LogP contribution in [0.15, 0.2) is 53.5 Å². The van der Waals surface area contributed by atoms with E-state index in [9.17, 15) is 14.0 Å². The summed E-state index contributed by atoms with van der Waals surface area (Å²) >= 11 is 1.21. The number of benzene rings is 2. The highest BCUT2D eigenvalue weighted by molar-refractivity contribution is 8.15. The molecule has 2 aromatic rings. The van der Waals surface area contributed by atoms with Gasteiger partial charge in [-0.05, 0) is 24.3 Å². The Morgan fingerprint density at radius 2 is 2.07 bits per heavy atom. The third-order valence-electron chi connectivity index (χ3n) is 3.94. The van der Waals surface area contributed by atoms with Crippen LogP contribution < -0.4 is 10.1 Å². The molecule has 1 atom stereocenters. The second-order valence-electron chi connectivity index (χ2n) is 5.83. The highest BCUT2D eigenvalue weighted by atomic mass is 32.2. The second-order valence-corrected chi connectivity index (χ2v) is 7.00. The Balaban J connectivity index is 1.69. The molecule has 27 heavy (non-hydrogen) atoms. The Hall–Kier alpha value is -2.87. The largest absolute Gasteiger partial charge is 0.497 e.